The van der Waals surface area contributed by atoms with Gasteiger partial charge in [0.2, 0.25) is 10.0 Å². The van der Waals surface area contributed by atoms with E-state index in [1.807, 2.05) is 47.4 Å². The molecule has 1 aromatic heterocycles. The summed E-state index contributed by atoms with van der Waals surface area (Å²) in [4.78, 5) is 22.3. The van der Waals surface area contributed by atoms with Gasteiger partial charge >= 0.3 is 0 Å². The fourth-order valence-electron chi connectivity index (χ4n) is 4.42. The van der Waals surface area contributed by atoms with Gasteiger partial charge in [0.1, 0.15) is 5.82 Å². The molecule has 2 heterocycles. The molecule has 1 fully saturated rings. The van der Waals surface area contributed by atoms with E-state index in [4.69, 9.17) is 0 Å². The standard InChI is InChI=1S/C24H30N4O3S/c1-2-3-9-20-18-27(24(29)22-11-6-8-19-7-4-5-10-21(19)22)15-16-28(20)32(30,31)17-12-23-25-13-14-26-23/h4-8,10-11,13-14,20H,2-3,9,12,15-18H2,1H3,(H,25,26). The van der Waals surface area contributed by atoms with Gasteiger partial charge < -0.3 is 9.88 Å². The highest BCUT2D eigenvalue weighted by Crippen LogP contribution is 2.24. The molecule has 1 unspecified atom stereocenters. The fourth-order valence-corrected chi connectivity index (χ4v) is 6.10. The lowest BCUT2D eigenvalue weighted by Gasteiger charge is -2.40. The molecule has 7 nitrogen and oxygen atoms in total. The second-order valence-electron chi connectivity index (χ2n) is 8.29. The van der Waals surface area contributed by atoms with Crippen LogP contribution in [0.1, 0.15) is 42.4 Å². The van der Waals surface area contributed by atoms with Crippen LogP contribution in [0, 0.1) is 0 Å². The number of nitrogens with one attached hydrogen (secondary N) is 1. The number of H-pyrrole nitrogens is 1. The lowest BCUT2D eigenvalue weighted by atomic mass is 10.0. The van der Waals surface area contributed by atoms with Crippen LogP contribution in [0.2, 0.25) is 0 Å². The molecule has 2 aromatic carbocycles. The molecule has 1 aliphatic heterocycles. The monoisotopic (exact) mass is 454 g/mol. The Hall–Kier alpha value is -2.71. The number of sulfonamides is 1. The first-order chi connectivity index (χ1) is 15.5. The van der Waals surface area contributed by atoms with E-state index in [-0.39, 0.29) is 17.7 Å². The second-order valence-corrected chi connectivity index (χ2v) is 10.3. The number of unbranched alkanes of at least 4 members (excludes halogenated alkanes) is 1. The minimum atomic E-state index is -3.45. The van der Waals surface area contributed by atoms with Crippen molar-refractivity contribution in [1.29, 1.82) is 0 Å². The summed E-state index contributed by atoms with van der Waals surface area (Å²) in [5, 5.41) is 1.96. The maximum absolute atomic E-state index is 13.4. The quantitative estimate of drug-likeness (QED) is 0.565. The lowest BCUT2D eigenvalue weighted by molar-refractivity contribution is 0.0620. The largest absolute Gasteiger partial charge is 0.349 e. The maximum atomic E-state index is 13.4. The number of piperazine rings is 1. The highest BCUT2D eigenvalue weighted by molar-refractivity contribution is 7.89. The minimum Gasteiger partial charge on any atom is -0.349 e. The van der Waals surface area contributed by atoms with E-state index in [1.54, 1.807) is 16.7 Å². The molecule has 0 aliphatic carbocycles. The Morgan fingerprint density at radius 3 is 2.75 bits per heavy atom. The van der Waals surface area contributed by atoms with Crippen molar-refractivity contribution in [1.82, 2.24) is 19.2 Å². The van der Waals surface area contributed by atoms with Crippen molar-refractivity contribution in [3.8, 4) is 0 Å². The number of carbonyl (C=O) groups excluding carboxylic acids is 1. The van der Waals surface area contributed by atoms with Gasteiger partial charge in [0.15, 0.2) is 0 Å². The van der Waals surface area contributed by atoms with Crippen LogP contribution in [0.15, 0.2) is 54.9 Å². The maximum Gasteiger partial charge on any atom is 0.254 e. The normalized spacial score (nSPS) is 17.7. The van der Waals surface area contributed by atoms with Gasteiger partial charge in [-0.05, 0) is 23.3 Å². The van der Waals surface area contributed by atoms with Gasteiger partial charge in [-0.15, -0.1) is 0 Å². The first kappa shape index (κ1) is 22.5. The summed E-state index contributed by atoms with van der Waals surface area (Å²) in [6.07, 6.45) is 6.33. The summed E-state index contributed by atoms with van der Waals surface area (Å²) < 4.78 is 27.9. The van der Waals surface area contributed by atoms with Crippen molar-refractivity contribution in [2.24, 2.45) is 0 Å². The van der Waals surface area contributed by atoms with Crippen molar-refractivity contribution in [3.63, 3.8) is 0 Å². The molecule has 0 bridgehead atoms. The van der Waals surface area contributed by atoms with Gasteiger partial charge in [0.05, 0.1) is 5.75 Å². The van der Waals surface area contributed by atoms with Crippen LogP contribution >= 0.6 is 0 Å². The molecule has 1 saturated heterocycles. The predicted molar refractivity (Wildman–Crippen MR) is 126 cm³/mol. The summed E-state index contributed by atoms with van der Waals surface area (Å²) in [6, 6.07) is 13.4. The zero-order chi connectivity index (χ0) is 22.6. The molecular weight excluding hydrogens is 424 g/mol. The number of aryl methyl sites for hydroxylation is 1. The van der Waals surface area contributed by atoms with E-state index in [0.717, 1.165) is 30.0 Å². The van der Waals surface area contributed by atoms with E-state index < -0.39 is 10.0 Å². The van der Waals surface area contributed by atoms with Gasteiger partial charge in [-0.3, -0.25) is 4.79 Å². The minimum absolute atomic E-state index is 0.0143. The molecule has 1 N–H and O–H groups in total. The third-order valence-electron chi connectivity index (χ3n) is 6.14. The van der Waals surface area contributed by atoms with Crippen LogP contribution in [0.5, 0.6) is 0 Å². The summed E-state index contributed by atoms with van der Waals surface area (Å²) >= 11 is 0. The molecule has 32 heavy (non-hydrogen) atoms. The zero-order valence-corrected chi connectivity index (χ0v) is 19.2. The van der Waals surface area contributed by atoms with Gasteiger partial charge in [-0.25, -0.2) is 13.4 Å². The molecule has 8 heteroatoms. The molecule has 1 amide bonds. The Morgan fingerprint density at radius 1 is 1.16 bits per heavy atom. The number of nitrogens with zero attached hydrogens (tertiary/aromatic N) is 3. The third-order valence-corrected chi connectivity index (χ3v) is 8.05. The van der Waals surface area contributed by atoms with E-state index in [2.05, 4.69) is 16.9 Å². The third kappa shape index (κ3) is 4.86. The van der Waals surface area contributed by atoms with Crippen LogP contribution in [0.3, 0.4) is 0 Å². The highest BCUT2D eigenvalue weighted by Gasteiger charge is 2.36. The number of hydrogen-bond acceptors (Lipinski definition) is 4. The van der Waals surface area contributed by atoms with Gasteiger partial charge in [-0.1, -0.05) is 56.2 Å². The molecule has 3 aromatic rings. The molecule has 1 atom stereocenters. The van der Waals surface area contributed by atoms with Gasteiger partial charge in [0.25, 0.3) is 5.91 Å². The number of imidazole rings is 1. The van der Waals surface area contributed by atoms with Crippen molar-refractivity contribution < 1.29 is 13.2 Å². The Balaban J connectivity index is 1.52. The number of rotatable bonds is 8. The van der Waals surface area contributed by atoms with Gasteiger partial charge in [-0.2, -0.15) is 4.31 Å². The number of amides is 1. The Kier molecular flexibility index (Phi) is 6.91. The molecule has 4 rings (SSSR count). The van der Waals surface area contributed by atoms with Crippen molar-refractivity contribution in [2.75, 3.05) is 25.4 Å². The predicted octanol–water partition coefficient (Wildman–Crippen LogP) is 3.45. The molecule has 0 radical (unpaired) electrons. The Bertz CT molecular complexity index is 1160. The van der Waals surface area contributed by atoms with E-state index in [9.17, 15) is 13.2 Å². The van der Waals surface area contributed by atoms with E-state index >= 15 is 0 Å². The summed E-state index contributed by atoms with van der Waals surface area (Å²) in [5.74, 6) is 0.653. The number of benzene rings is 2. The Morgan fingerprint density at radius 2 is 1.97 bits per heavy atom. The zero-order valence-electron chi connectivity index (χ0n) is 18.4. The second kappa shape index (κ2) is 9.83. The molecule has 0 spiro atoms. The van der Waals surface area contributed by atoms with Crippen molar-refractivity contribution in [3.05, 3.63) is 66.2 Å². The molecular formula is C24H30N4O3S. The topological polar surface area (TPSA) is 86.4 Å². The van der Waals surface area contributed by atoms with Crippen LogP contribution < -0.4 is 0 Å². The van der Waals surface area contributed by atoms with Crippen LogP contribution in [-0.2, 0) is 16.4 Å². The number of aromatic nitrogens is 2. The lowest BCUT2D eigenvalue weighted by Crippen LogP contribution is -2.57. The number of carbonyl (C=O) groups is 1. The van der Waals surface area contributed by atoms with E-state index in [1.165, 1.54) is 0 Å². The molecule has 170 valence electrons. The number of hydrogen-bond donors (Lipinski definition) is 1. The average Bonchev–Trinajstić information content (AvgIpc) is 3.34. The number of fused-ring (bicyclic) bond motifs is 1. The van der Waals surface area contributed by atoms with Crippen LogP contribution in [0.4, 0.5) is 0 Å². The number of aromatic amines is 1. The van der Waals surface area contributed by atoms with Crippen molar-refractivity contribution in [2.45, 2.75) is 38.6 Å². The van der Waals surface area contributed by atoms with Gasteiger partial charge in [0, 0.05) is 50.1 Å². The van der Waals surface area contributed by atoms with Crippen molar-refractivity contribution >= 4 is 26.7 Å². The summed E-state index contributed by atoms with van der Waals surface area (Å²) in [6.45, 7) is 3.23. The smallest absolute Gasteiger partial charge is 0.254 e. The SMILES string of the molecule is CCCCC1CN(C(=O)c2cccc3ccccc23)CCN1S(=O)(=O)CCc1ncc[nH]1. The first-order valence-corrected chi connectivity index (χ1v) is 12.9. The summed E-state index contributed by atoms with van der Waals surface area (Å²) in [5.41, 5.74) is 0.673. The van der Waals surface area contributed by atoms with Crippen LogP contribution in [0.25, 0.3) is 10.8 Å². The molecule has 1 aliphatic rings. The average molecular weight is 455 g/mol. The summed E-state index contributed by atoms with van der Waals surface area (Å²) in [7, 11) is -3.45. The van der Waals surface area contributed by atoms with E-state index in [0.29, 0.717) is 37.4 Å². The Labute approximate surface area is 189 Å². The fraction of sp³-hybridized carbons (Fsp3) is 0.417. The highest BCUT2D eigenvalue weighted by atomic mass is 32.2. The van der Waals surface area contributed by atoms with Crippen LogP contribution in [-0.4, -0.2) is 64.9 Å². The molecule has 0 saturated carbocycles. The first-order valence-electron chi connectivity index (χ1n) is 11.2.